The summed E-state index contributed by atoms with van der Waals surface area (Å²) in [5.74, 6) is 1.84. The van der Waals surface area contributed by atoms with E-state index in [1.807, 2.05) is 19.9 Å². The Morgan fingerprint density at radius 1 is 0.792 bits per heavy atom. The normalized spacial score (nSPS) is 10.9. The molecular formula is C21H47F3. The molecule has 0 nitrogen and oxygen atoms in total. The molecule has 3 heteroatoms. The van der Waals surface area contributed by atoms with E-state index < -0.39 is 12.6 Å². The zero-order valence-electron chi connectivity index (χ0n) is 17.3. The van der Waals surface area contributed by atoms with Crippen LogP contribution in [0.3, 0.4) is 0 Å². The van der Waals surface area contributed by atoms with Crippen LogP contribution in [-0.2, 0) is 0 Å². The molecule has 0 aliphatic carbocycles. The Kier molecular flexibility index (Phi) is 35.9. The lowest BCUT2D eigenvalue weighted by molar-refractivity contribution is 0.121. The van der Waals surface area contributed by atoms with E-state index in [0.717, 1.165) is 5.92 Å². The molecule has 0 fully saturated rings. The second-order valence-corrected chi connectivity index (χ2v) is 7.22. The minimum Gasteiger partial charge on any atom is -0.248 e. The van der Waals surface area contributed by atoms with Gasteiger partial charge in [0.1, 0.15) is 0 Å². The minimum atomic E-state index is -2.12. The molecule has 0 bridgehead atoms. The van der Waals surface area contributed by atoms with Gasteiger partial charge in [-0.1, -0.05) is 82.2 Å². The molecule has 0 spiro atoms. The molecule has 0 aromatic heterocycles. The van der Waals surface area contributed by atoms with Crippen molar-refractivity contribution < 1.29 is 13.2 Å². The quantitative estimate of drug-likeness (QED) is 0.432. The van der Waals surface area contributed by atoms with Gasteiger partial charge in [-0.05, 0) is 30.6 Å². The predicted octanol–water partition coefficient (Wildman–Crippen LogP) is 8.81. The first-order valence-corrected chi connectivity index (χ1v) is 8.86. The Bertz CT molecular complexity index is 195. The summed E-state index contributed by atoms with van der Waals surface area (Å²) in [6.07, 6.45) is 0.477. The van der Waals surface area contributed by atoms with E-state index in [4.69, 9.17) is 0 Å². The predicted molar refractivity (Wildman–Crippen MR) is 108 cm³/mol. The van der Waals surface area contributed by atoms with Crippen molar-refractivity contribution in [3.05, 3.63) is 12.7 Å². The fraction of sp³-hybridized carbons (Fsp3) is 0.905. The van der Waals surface area contributed by atoms with E-state index >= 15 is 0 Å². The van der Waals surface area contributed by atoms with Gasteiger partial charge < -0.3 is 0 Å². The maximum Gasteiger partial charge on any atom is 0.238 e. The molecular weight excluding hydrogens is 309 g/mol. The minimum absolute atomic E-state index is 0. The average Bonchev–Trinajstić information content (AvgIpc) is 2.38. The van der Waals surface area contributed by atoms with Crippen molar-refractivity contribution in [2.24, 2.45) is 23.7 Å². The van der Waals surface area contributed by atoms with E-state index in [0.29, 0.717) is 5.92 Å². The van der Waals surface area contributed by atoms with E-state index in [9.17, 15) is 13.2 Å². The van der Waals surface area contributed by atoms with Crippen LogP contribution in [0.1, 0.15) is 89.5 Å². The summed E-state index contributed by atoms with van der Waals surface area (Å²) < 4.78 is 34.4. The fourth-order valence-corrected chi connectivity index (χ4v) is 0.356. The molecule has 0 N–H and O–H groups in total. The summed E-state index contributed by atoms with van der Waals surface area (Å²) in [6, 6.07) is 0. The molecule has 0 aliphatic rings. The van der Waals surface area contributed by atoms with Crippen molar-refractivity contribution in [2.75, 3.05) is 0 Å². The molecule has 24 heavy (non-hydrogen) atoms. The lowest BCUT2D eigenvalue weighted by Crippen LogP contribution is -2.01. The number of allylic oxidation sites excluding steroid dienone is 1. The van der Waals surface area contributed by atoms with Gasteiger partial charge in [-0.2, -0.15) is 0 Å². The third kappa shape index (κ3) is 68.3. The number of alkyl halides is 3. The third-order valence-corrected chi connectivity index (χ3v) is 2.86. The van der Waals surface area contributed by atoms with Crippen molar-refractivity contribution in [2.45, 2.75) is 102 Å². The Labute approximate surface area is 152 Å². The van der Waals surface area contributed by atoms with Gasteiger partial charge in [0.25, 0.3) is 0 Å². The molecule has 152 valence electrons. The summed E-state index contributed by atoms with van der Waals surface area (Å²) >= 11 is 0. The highest BCUT2D eigenvalue weighted by atomic mass is 19.3. The number of hydrogen-bond donors (Lipinski definition) is 0. The maximum atomic E-state index is 11.8. The largest absolute Gasteiger partial charge is 0.248 e. The zero-order valence-corrected chi connectivity index (χ0v) is 17.3. The van der Waals surface area contributed by atoms with Gasteiger partial charge in [0.15, 0.2) is 0 Å². The molecule has 0 rings (SSSR count). The summed E-state index contributed by atoms with van der Waals surface area (Å²) in [5.41, 5.74) is 0. The van der Waals surface area contributed by atoms with Crippen LogP contribution >= 0.6 is 0 Å². The van der Waals surface area contributed by atoms with Crippen LogP contribution in [0.4, 0.5) is 13.2 Å². The second-order valence-electron chi connectivity index (χ2n) is 7.22. The van der Waals surface area contributed by atoms with Gasteiger partial charge in [-0.15, -0.1) is 6.58 Å². The molecule has 1 atom stereocenters. The summed E-state index contributed by atoms with van der Waals surface area (Å²) in [7, 11) is 0. The molecule has 0 aliphatic heterocycles. The molecule has 0 saturated heterocycles. The first-order valence-electron chi connectivity index (χ1n) is 8.86. The van der Waals surface area contributed by atoms with Crippen LogP contribution < -0.4 is 0 Å². The Morgan fingerprint density at radius 2 is 1.04 bits per heavy atom. The number of hydrogen-bond acceptors (Lipinski definition) is 0. The van der Waals surface area contributed by atoms with Crippen LogP contribution in [0.15, 0.2) is 12.7 Å². The molecule has 0 aromatic carbocycles. The van der Waals surface area contributed by atoms with Gasteiger partial charge in [0, 0.05) is 6.42 Å². The standard InChI is InChI=1S/C5H10F2.C5H11F.C5H12.C5H10.CH4/c1-4(2)3-5(6)7;1-4(2)5(3)6;2*1-4-5(2)3;/h4-5H,3H2,1-2H3;4-5H,1-3H3;5H,4H2,1-3H3;4-5H,1H2,2-3H3;1H4. The highest BCUT2D eigenvalue weighted by Gasteiger charge is 2.03. The van der Waals surface area contributed by atoms with Gasteiger partial charge in [0.05, 0.1) is 6.17 Å². The molecule has 0 saturated carbocycles. The van der Waals surface area contributed by atoms with Gasteiger partial charge in [-0.3, -0.25) is 0 Å². The second kappa shape index (κ2) is 24.8. The van der Waals surface area contributed by atoms with Crippen molar-refractivity contribution in [1.82, 2.24) is 0 Å². The highest BCUT2D eigenvalue weighted by molar-refractivity contribution is 4.69. The van der Waals surface area contributed by atoms with Crippen LogP contribution in [0.5, 0.6) is 0 Å². The smallest absolute Gasteiger partial charge is 0.238 e. The Hall–Kier alpha value is -0.470. The van der Waals surface area contributed by atoms with Crippen molar-refractivity contribution in [1.29, 1.82) is 0 Å². The van der Waals surface area contributed by atoms with E-state index in [2.05, 4.69) is 41.2 Å². The average molecular weight is 357 g/mol. The van der Waals surface area contributed by atoms with Crippen LogP contribution in [0.2, 0.25) is 0 Å². The zero-order chi connectivity index (χ0) is 19.6. The molecule has 0 radical (unpaired) electrons. The summed E-state index contributed by atoms with van der Waals surface area (Å²) in [5, 5.41) is 0. The lowest BCUT2D eigenvalue weighted by Gasteiger charge is -2.01. The van der Waals surface area contributed by atoms with E-state index in [1.54, 1.807) is 20.8 Å². The highest BCUT2D eigenvalue weighted by Crippen LogP contribution is 2.07. The maximum absolute atomic E-state index is 11.8. The van der Waals surface area contributed by atoms with Crippen molar-refractivity contribution >= 4 is 0 Å². The Balaban J connectivity index is -0.0000000666. The summed E-state index contributed by atoms with van der Waals surface area (Å²) in [4.78, 5) is 0. The monoisotopic (exact) mass is 356 g/mol. The topological polar surface area (TPSA) is 0 Å². The van der Waals surface area contributed by atoms with Gasteiger partial charge in [0.2, 0.25) is 6.43 Å². The fourth-order valence-electron chi connectivity index (χ4n) is 0.356. The van der Waals surface area contributed by atoms with Gasteiger partial charge >= 0.3 is 0 Å². The number of rotatable bonds is 5. The third-order valence-electron chi connectivity index (χ3n) is 2.86. The lowest BCUT2D eigenvalue weighted by atomic mass is 10.1. The molecule has 0 heterocycles. The SMILES string of the molecule is C.C=CC(C)C.CC(C)C(C)F.CC(C)CC(F)F.CCC(C)C. The van der Waals surface area contributed by atoms with E-state index in [-0.39, 0.29) is 25.7 Å². The van der Waals surface area contributed by atoms with E-state index in [1.165, 1.54) is 6.42 Å². The van der Waals surface area contributed by atoms with Crippen molar-refractivity contribution in [3.8, 4) is 0 Å². The molecule has 0 amide bonds. The summed E-state index contributed by atoms with van der Waals surface area (Å²) in [6.45, 7) is 23.3. The Morgan fingerprint density at radius 3 is 1.04 bits per heavy atom. The van der Waals surface area contributed by atoms with Crippen LogP contribution in [0.25, 0.3) is 0 Å². The molecule has 0 aromatic rings. The van der Waals surface area contributed by atoms with Crippen LogP contribution in [0, 0.1) is 23.7 Å². The first kappa shape index (κ1) is 34.8. The van der Waals surface area contributed by atoms with Gasteiger partial charge in [-0.25, -0.2) is 13.2 Å². The van der Waals surface area contributed by atoms with Crippen LogP contribution in [-0.4, -0.2) is 12.6 Å². The molecule has 1 unspecified atom stereocenters. The number of halogens is 3. The first-order chi connectivity index (χ1) is 10.3. The van der Waals surface area contributed by atoms with Crippen molar-refractivity contribution in [3.63, 3.8) is 0 Å².